The van der Waals surface area contributed by atoms with Gasteiger partial charge in [-0.05, 0) is 36.9 Å². The van der Waals surface area contributed by atoms with Gasteiger partial charge in [0.15, 0.2) is 0 Å². The molecule has 0 spiro atoms. The van der Waals surface area contributed by atoms with Gasteiger partial charge in [0.25, 0.3) is 0 Å². The molecule has 3 rings (SSSR count). The van der Waals surface area contributed by atoms with Gasteiger partial charge in [-0.25, -0.2) is 0 Å². The Bertz CT molecular complexity index is 492. The fourth-order valence-corrected chi connectivity index (χ4v) is 2.81. The van der Waals surface area contributed by atoms with Gasteiger partial charge in [-0.3, -0.25) is 0 Å². The second-order valence-corrected chi connectivity index (χ2v) is 4.73. The van der Waals surface area contributed by atoms with Crippen molar-refractivity contribution in [2.24, 2.45) is 7.05 Å². The first-order chi connectivity index (χ1) is 7.86. The molecule has 2 heteroatoms. The summed E-state index contributed by atoms with van der Waals surface area (Å²) in [5.74, 6) is 0.686. The molecule has 16 heavy (non-hydrogen) atoms. The van der Waals surface area contributed by atoms with Crippen LogP contribution in [0.3, 0.4) is 0 Å². The number of aryl methyl sites for hydroxylation is 1. The Hall–Kier alpha value is -1.28. The van der Waals surface area contributed by atoms with Crippen molar-refractivity contribution >= 4 is 10.9 Å². The molecule has 0 radical (unpaired) electrons. The van der Waals surface area contributed by atoms with Crippen LogP contribution in [-0.4, -0.2) is 17.7 Å². The van der Waals surface area contributed by atoms with E-state index in [1.807, 2.05) is 0 Å². The number of rotatable bonds is 1. The number of piperidine rings is 1. The van der Waals surface area contributed by atoms with E-state index in [9.17, 15) is 0 Å². The Labute approximate surface area is 96.3 Å². The van der Waals surface area contributed by atoms with Crippen molar-refractivity contribution in [2.75, 3.05) is 13.1 Å². The Morgan fingerprint density at radius 1 is 1.31 bits per heavy atom. The van der Waals surface area contributed by atoms with Crippen molar-refractivity contribution in [3.63, 3.8) is 0 Å². The Morgan fingerprint density at radius 2 is 2.19 bits per heavy atom. The van der Waals surface area contributed by atoms with E-state index in [0.29, 0.717) is 5.92 Å². The molecule has 1 aromatic heterocycles. The molecule has 1 fully saturated rings. The Balaban J connectivity index is 2.05. The summed E-state index contributed by atoms with van der Waals surface area (Å²) in [4.78, 5) is 0. The number of hydrogen-bond donors (Lipinski definition) is 1. The summed E-state index contributed by atoms with van der Waals surface area (Å²) in [7, 11) is 2.19. The lowest BCUT2D eigenvalue weighted by atomic mass is 9.96. The molecule has 2 nitrogen and oxygen atoms in total. The monoisotopic (exact) mass is 214 g/mol. The highest BCUT2D eigenvalue weighted by Gasteiger charge is 2.18. The summed E-state index contributed by atoms with van der Waals surface area (Å²) < 4.78 is 2.35. The third-order valence-corrected chi connectivity index (χ3v) is 3.70. The summed E-state index contributed by atoms with van der Waals surface area (Å²) in [6, 6.07) is 11.0. The van der Waals surface area contributed by atoms with E-state index in [2.05, 4.69) is 47.3 Å². The lowest BCUT2D eigenvalue weighted by Gasteiger charge is -2.23. The van der Waals surface area contributed by atoms with Crippen LogP contribution in [0.2, 0.25) is 0 Å². The van der Waals surface area contributed by atoms with Gasteiger partial charge in [0.2, 0.25) is 0 Å². The molecule has 0 amide bonds. The highest BCUT2D eigenvalue weighted by molar-refractivity contribution is 5.81. The Morgan fingerprint density at radius 3 is 2.94 bits per heavy atom. The van der Waals surface area contributed by atoms with E-state index >= 15 is 0 Å². The standard InChI is InChI=1S/C14H18N2/c1-16-13-7-3-2-5-11(13)9-14(16)12-6-4-8-15-10-12/h2-3,5,7,9,12,15H,4,6,8,10H2,1H3/t12-/m0/s1. The Kier molecular flexibility index (Phi) is 2.44. The molecule has 0 aliphatic carbocycles. The number of benzene rings is 1. The number of para-hydroxylation sites is 1. The average molecular weight is 214 g/mol. The molecule has 1 N–H and O–H groups in total. The molecule has 1 atom stereocenters. The van der Waals surface area contributed by atoms with Crippen LogP contribution >= 0.6 is 0 Å². The van der Waals surface area contributed by atoms with Crippen molar-refractivity contribution in [1.82, 2.24) is 9.88 Å². The smallest absolute Gasteiger partial charge is 0.0479 e. The van der Waals surface area contributed by atoms with Crippen LogP contribution < -0.4 is 5.32 Å². The van der Waals surface area contributed by atoms with E-state index in [-0.39, 0.29) is 0 Å². The predicted molar refractivity (Wildman–Crippen MR) is 67.8 cm³/mol. The quantitative estimate of drug-likeness (QED) is 0.772. The molecule has 1 aliphatic rings. The van der Waals surface area contributed by atoms with Crippen LogP contribution in [0.1, 0.15) is 24.5 Å². The van der Waals surface area contributed by atoms with E-state index in [4.69, 9.17) is 0 Å². The highest BCUT2D eigenvalue weighted by Crippen LogP contribution is 2.28. The second-order valence-electron chi connectivity index (χ2n) is 4.73. The zero-order chi connectivity index (χ0) is 11.0. The molecular weight excluding hydrogens is 196 g/mol. The lowest BCUT2D eigenvalue weighted by molar-refractivity contribution is 0.448. The molecule has 0 saturated carbocycles. The molecule has 0 bridgehead atoms. The van der Waals surface area contributed by atoms with Crippen LogP contribution in [0.15, 0.2) is 30.3 Å². The summed E-state index contributed by atoms with van der Waals surface area (Å²) in [6.07, 6.45) is 2.61. The van der Waals surface area contributed by atoms with Crippen molar-refractivity contribution in [3.8, 4) is 0 Å². The normalized spacial score (nSPS) is 21.4. The second kappa shape index (κ2) is 3.95. The molecule has 2 aromatic rings. The van der Waals surface area contributed by atoms with E-state index in [1.165, 1.54) is 36.0 Å². The van der Waals surface area contributed by atoms with Crippen LogP contribution in [0.4, 0.5) is 0 Å². The fraction of sp³-hybridized carbons (Fsp3) is 0.429. The topological polar surface area (TPSA) is 17.0 Å². The van der Waals surface area contributed by atoms with Gasteiger partial charge >= 0.3 is 0 Å². The van der Waals surface area contributed by atoms with Gasteiger partial charge < -0.3 is 9.88 Å². The number of nitrogens with zero attached hydrogens (tertiary/aromatic N) is 1. The lowest BCUT2D eigenvalue weighted by Crippen LogP contribution is -2.29. The summed E-state index contributed by atoms with van der Waals surface area (Å²) in [5.41, 5.74) is 2.83. The first-order valence-electron chi connectivity index (χ1n) is 6.11. The molecule has 1 saturated heterocycles. The maximum atomic E-state index is 3.49. The van der Waals surface area contributed by atoms with Crippen LogP contribution in [-0.2, 0) is 7.05 Å². The zero-order valence-electron chi connectivity index (χ0n) is 9.74. The minimum Gasteiger partial charge on any atom is -0.347 e. The summed E-state index contributed by atoms with van der Waals surface area (Å²) >= 11 is 0. The first-order valence-corrected chi connectivity index (χ1v) is 6.11. The zero-order valence-corrected chi connectivity index (χ0v) is 9.74. The molecule has 1 aliphatic heterocycles. The van der Waals surface area contributed by atoms with Crippen LogP contribution in [0.5, 0.6) is 0 Å². The van der Waals surface area contributed by atoms with Crippen LogP contribution in [0.25, 0.3) is 10.9 Å². The van der Waals surface area contributed by atoms with E-state index < -0.39 is 0 Å². The van der Waals surface area contributed by atoms with Gasteiger partial charge in [0.1, 0.15) is 0 Å². The number of hydrogen-bond acceptors (Lipinski definition) is 1. The predicted octanol–water partition coefficient (Wildman–Crippen LogP) is 2.65. The molecule has 0 unspecified atom stereocenters. The number of aromatic nitrogens is 1. The van der Waals surface area contributed by atoms with E-state index in [1.54, 1.807) is 0 Å². The van der Waals surface area contributed by atoms with E-state index in [0.717, 1.165) is 6.54 Å². The maximum absolute atomic E-state index is 3.49. The number of nitrogens with one attached hydrogen (secondary N) is 1. The average Bonchev–Trinajstić information content (AvgIpc) is 2.69. The van der Waals surface area contributed by atoms with Crippen molar-refractivity contribution < 1.29 is 0 Å². The maximum Gasteiger partial charge on any atom is 0.0479 e. The minimum atomic E-state index is 0.686. The highest BCUT2D eigenvalue weighted by atomic mass is 15.0. The van der Waals surface area contributed by atoms with Crippen molar-refractivity contribution in [1.29, 1.82) is 0 Å². The van der Waals surface area contributed by atoms with Crippen molar-refractivity contribution in [2.45, 2.75) is 18.8 Å². The van der Waals surface area contributed by atoms with Gasteiger partial charge in [-0.2, -0.15) is 0 Å². The minimum absolute atomic E-state index is 0.686. The first kappa shape index (κ1) is 9.91. The molecular formula is C14H18N2. The van der Waals surface area contributed by atoms with Crippen LogP contribution in [0, 0.1) is 0 Å². The molecule has 2 heterocycles. The number of fused-ring (bicyclic) bond motifs is 1. The third kappa shape index (κ3) is 1.54. The van der Waals surface area contributed by atoms with Gasteiger partial charge in [-0.15, -0.1) is 0 Å². The summed E-state index contributed by atoms with van der Waals surface area (Å²) in [5, 5.41) is 4.86. The van der Waals surface area contributed by atoms with Gasteiger partial charge in [0, 0.05) is 30.7 Å². The van der Waals surface area contributed by atoms with Gasteiger partial charge in [-0.1, -0.05) is 18.2 Å². The molecule has 1 aromatic carbocycles. The SMILES string of the molecule is Cn1c([C@H]2CCCNC2)cc2ccccc21. The molecule has 84 valence electrons. The third-order valence-electron chi connectivity index (χ3n) is 3.70. The van der Waals surface area contributed by atoms with Gasteiger partial charge in [0.05, 0.1) is 0 Å². The summed E-state index contributed by atoms with van der Waals surface area (Å²) in [6.45, 7) is 2.31. The largest absolute Gasteiger partial charge is 0.347 e. The fourth-order valence-electron chi connectivity index (χ4n) is 2.81. The van der Waals surface area contributed by atoms with Crippen molar-refractivity contribution in [3.05, 3.63) is 36.0 Å².